The molecular formula is C12H11F2NO. The Hall–Kier alpha value is -1.42. The fraction of sp³-hybridized carbons (Fsp3) is 0.333. The third-order valence-corrected chi connectivity index (χ3v) is 3.45. The molecule has 0 radical (unpaired) electrons. The second kappa shape index (κ2) is 2.83. The smallest absolute Gasteiger partial charge is 0.260 e. The molecule has 16 heavy (non-hydrogen) atoms. The van der Waals surface area contributed by atoms with Crippen LogP contribution < -0.4 is 5.73 Å². The molecule has 4 heteroatoms. The first kappa shape index (κ1) is 9.78. The molecule has 1 saturated carbocycles. The Morgan fingerprint density at radius 1 is 1.31 bits per heavy atom. The molecule has 0 amide bonds. The molecule has 84 valence electrons. The molecular weight excluding hydrogens is 212 g/mol. The number of nitrogens with two attached hydrogens (primary N) is 1. The summed E-state index contributed by atoms with van der Waals surface area (Å²) in [4.78, 5) is 0. The molecule has 1 aliphatic carbocycles. The Labute approximate surface area is 91.0 Å². The molecule has 2 aromatic rings. The number of hydrogen-bond acceptors (Lipinski definition) is 2. The van der Waals surface area contributed by atoms with E-state index in [4.69, 9.17) is 10.2 Å². The van der Waals surface area contributed by atoms with Crippen molar-refractivity contribution in [3.05, 3.63) is 36.1 Å². The number of fused-ring (bicyclic) bond motifs is 1. The molecule has 0 spiro atoms. The summed E-state index contributed by atoms with van der Waals surface area (Å²) >= 11 is 0. The van der Waals surface area contributed by atoms with Gasteiger partial charge in [0.2, 0.25) is 0 Å². The Morgan fingerprint density at radius 3 is 2.69 bits per heavy atom. The fourth-order valence-corrected chi connectivity index (χ4v) is 2.25. The Kier molecular flexibility index (Phi) is 1.73. The monoisotopic (exact) mass is 223 g/mol. The van der Waals surface area contributed by atoms with Crippen molar-refractivity contribution in [2.45, 2.75) is 17.8 Å². The van der Waals surface area contributed by atoms with Crippen molar-refractivity contribution in [3.8, 4) is 0 Å². The van der Waals surface area contributed by atoms with Gasteiger partial charge < -0.3 is 10.2 Å². The van der Waals surface area contributed by atoms with Crippen LogP contribution in [-0.4, -0.2) is 12.5 Å². The Balaban J connectivity index is 2.12. The quantitative estimate of drug-likeness (QED) is 0.850. The average Bonchev–Trinajstić information content (AvgIpc) is 2.63. The van der Waals surface area contributed by atoms with Crippen LogP contribution in [0.1, 0.15) is 12.0 Å². The highest BCUT2D eigenvalue weighted by Gasteiger charge is 2.71. The van der Waals surface area contributed by atoms with Gasteiger partial charge in [0.05, 0.1) is 11.7 Å². The maximum atomic E-state index is 13.4. The zero-order chi connectivity index (χ0) is 11.4. The van der Waals surface area contributed by atoms with Crippen LogP contribution in [0.3, 0.4) is 0 Å². The molecule has 0 saturated heterocycles. The predicted molar refractivity (Wildman–Crippen MR) is 56.5 cm³/mol. The number of halogens is 2. The first-order valence-electron chi connectivity index (χ1n) is 5.15. The molecule has 2 N–H and O–H groups in total. The van der Waals surface area contributed by atoms with Gasteiger partial charge in [0.25, 0.3) is 5.92 Å². The van der Waals surface area contributed by atoms with E-state index in [1.807, 2.05) is 0 Å². The van der Waals surface area contributed by atoms with Gasteiger partial charge in [-0.3, -0.25) is 0 Å². The van der Waals surface area contributed by atoms with Crippen molar-refractivity contribution >= 4 is 11.0 Å². The lowest BCUT2D eigenvalue weighted by Gasteiger charge is -2.14. The van der Waals surface area contributed by atoms with Crippen molar-refractivity contribution in [1.29, 1.82) is 0 Å². The van der Waals surface area contributed by atoms with Gasteiger partial charge in [-0.1, -0.05) is 6.07 Å². The lowest BCUT2D eigenvalue weighted by atomic mass is 9.94. The van der Waals surface area contributed by atoms with Gasteiger partial charge in [0.1, 0.15) is 5.58 Å². The van der Waals surface area contributed by atoms with Gasteiger partial charge >= 0.3 is 0 Å². The van der Waals surface area contributed by atoms with Gasteiger partial charge in [-0.05, 0) is 23.8 Å². The van der Waals surface area contributed by atoms with E-state index in [2.05, 4.69) is 0 Å². The van der Waals surface area contributed by atoms with Crippen molar-refractivity contribution in [1.82, 2.24) is 0 Å². The summed E-state index contributed by atoms with van der Waals surface area (Å²) in [5, 5.41) is 0.841. The zero-order valence-corrected chi connectivity index (χ0v) is 8.54. The number of alkyl halides is 2. The van der Waals surface area contributed by atoms with Crippen molar-refractivity contribution < 1.29 is 13.2 Å². The molecule has 1 aliphatic rings. The third kappa shape index (κ3) is 1.08. The minimum absolute atomic E-state index is 0.0244. The largest absolute Gasteiger partial charge is 0.464 e. The SMILES string of the molecule is NCC1(c2ccc3occc3c2)CC1(F)F. The van der Waals surface area contributed by atoms with E-state index in [9.17, 15) is 8.78 Å². The lowest BCUT2D eigenvalue weighted by molar-refractivity contribution is 0.0896. The minimum atomic E-state index is -2.67. The van der Waals surface area contributed by atoms with Crippen LogP contribution in [0.25, 0.3) is 11.0 Å². The highest BCUT2D eigenvalue weighted by molar-refractivity contribution is 5.78. The maximum absolute atomic E-state index is 13.4. The molecule has 1 unspecified atom stereocenters. The number of benzene rings is 1. The standard InChI is InChI=1S/C12H11F2NO/c13-12(14)6-11(12,7-15)9-1-2-10-8(5-9)3-4-16-10/h1-5H,6-7,15H2. The van der Waals surface area contributed by atoms with Crippen molar-refractivity contribution in [2.24, 2.45) is 5.73 Å². The first-order valence-corrected chi connectivity index (χ1v) is 5.15. The van der Waals surface area contributed by atoms with Gasteiger partial charge in [0, 0.05) is 18.4 Å². The van der Waals surface area contributed by atoms with Crippen LogP contribution in [-0.2, 0) is 5.41 Å². The summed E-state index contributed by atoms with van der Waals surface area (Å²) in [6, 6.07) is 6.91. The highest BCUT2D eigenvalue weighted by atomic mass is 19.3. The summed E-state index contributed by atoms with van der Waals surface area (Å²) in [5.41, 5.74) is 5.65. The maximum Gasteiger partial charge on any atom is 0.260 e. The minimum Gasteiger partial charge on any atom is -0.464 e. The van der Waals surface area contributed by atoms with Gasteiger partial charge in [-0.25, -0.2) is 8.78 Å². The Morgan fingerprint density at radius 2 is 2.06 bits per heavy atom. The lowest BCUT2D eigenvalue weighted by Crippen LogP contribution is -2.26. The van der Waals surface area contributed by atoms with E-state index in [0.29, 0.717) is 11.1 Å². The van der Waals surface area contributed by atoms with E-state index in [0.717, 1.165) is 5.39 Å². The highest BCUT2D eigenvalue weighted by Crippen LogP contribution is 2.61. The predicted octanol–water partition coefficient (Wildman–Crippen LogP) is 2.67. The molecule has 1 atom stereocenters. The van der Waals surface area contributed by atoms with Crippen LogP contribution in [0.2, 0.25) is 0 Å². The van der Waals surface area contributed by atoms with Gasteiger partial charge in [0.15, 0.2) is 0 Å². The molecule has 1 aromatic carbocycles. The van der Waals surface area contributed by atoms with E-state index in [-0.39, 0.29) is 13.0 Å². The Bertz CT molecular complexity index is 549. The normalized spacial score (nSPS) is 27.2. The van der Waals surface area contributed by atoms with Crippen LogP contribution in [0, 0.1) is 0 Å². The molecule has 1 heterocycles. The second-order valence-corrected chi connectivity index (χ2v) is 4.34. The number of furan rings is 1. The summed E-state index contributed by atoms with van der Waals surface area (Å²) < 4.78 is 31.9. The van der Waals surface area contributed by atoms with Crippen molar-refractivity contribution in [3.63, 3.8) is 0 Å². The van der Waals surface area contributed by atoms with E-state index in [1.165, 1.54) is 0 Å². The molecule has 0 bridgehead atoms. The van der Waals surface area contributed by atoms with E-state index >= 15 is 0 Å². The topological polar surface area (TPSA) is 39.2 Å². The summed E-state index contributed by atoms with van der Waals surface area (Å²) in [6.45, 7) is -0.0244. The molecule has 1 fully saturated rings. The number of rotatable bonds is 2. The molecule has 3 rings (SSSR count). The van der Waals surface area contributed by atoms with Crippen LogP contribution in [0.15, 0.2) is 34.9 Å². The van der Waals surface area contributed by atoms with E-state index < -0.39 is 11.3 Å². The fourth-order valence-electron chi connectivity index (χ4n) is 2.25. The van der Waals surface area contributed by atoms with E-state index in [1.54, 1.807) is 30.5 Å². The summed E-state index contributed by atoms with van der Waals surface area (Å²) in [6.07, 6.45) is 1.40. The van der Waals surface area contributed by atoms with Crippen LogP contribution in [0.5, 0.6) is 0 Å². The second-order valence-electron chi connectivity index (χ2n) is 4.34. The van der Waals surface area contributed by atoms with Crippen LogP contribution in [0.4, 0.5) is 8.78 Å². The molecule has 2 nitrogen and oxygen atoms in total. The molecule has 0 aliphatic heterocycles. The van der Waals surface area contributed by atoms with Gasteiger partial charge in [-0.15, -0.1) is 0 Å². The summed E-state index contributed by atoms with van der Waals surface area (Å²) in [7, 11) is 0. The molecule has 1 aromatic heterocycles. The number of hydrogen-bond donors (Lipinski definition) is 1. The van der Waals surface area contributed by atoms with Crippen molar-refractivity contribution in [2.75, 3.05) is 6.54 Å². The average molecular weight is 223 g/mol. The third-order valence-electron chi connectivity index (χ3n) is 3.45. The summed E-state index contributed by atoms with van der Waals surface area (Å²) in [5.74, 6) is -2.67. The first-order chi connectivity index (χ1) is 7.59. The van der Waals surface area contributed by atoms with Crippen LogP contribution >= 0.6 is 0 Å². The zero-order valence-electron chi connectivity index (χ0n) is 8.54. The van der Waals surface area contributed by atoms with Gasteiger partial charge in [-0.2, -0.15) is 0 Å².